The van der Waals surface area contributed by atoms with Gasteiger partial charge in [-0.15, -0.1) is 0 Å². The van der Waals surface area contributed by atoms with Gasteiger partial charge in [-0.25, -0.2) is 0 Å². The van der Waals surface area contributed by atoms with E-state index in [1.165, 1.54) is 6.08 Å². The minimum absolute atomic E-state index is 0.0329. The van der Waals surface area contributed by atoms with Crippen molar-refractivity contribution < 1.29 is 31.9 Å². The quantitative estimate of drug-likeness (QED) is 0.632. The Kier molecular flexibility index (Phi) is 4.72. The van der Waals surface area contributed by atoms with Crippen molar-refractivity contribution in [2.75, 3.05) is 0 Å². The van der Waals surface area contributed by atoms with Gasteiger partial charge in [-0.05, 0) is 79.6 Å². The van der Waals surface area contributed by atoms with Crippen LogP contribution in [0, 0.1) is 35.0 Å². The number of fused-ring (bicyclic) bond motifs is 5. The lowest BCUT2D eigenvalue weighted by Gasteiger charge is -2.56. The molecule has 7 atom stereocenters. The van der Waals surface area contributed by atoms with Crippen LogP contribution >= 0.6 is 0 Å². The van der Waals surface area contributed by atoms with Gasteiger partial charge in [0.15, 0.2) is 5.78 Å². The lowest BCUT2D eigenvalue weighted by molar-refractivity contribution is -0.291. The Labute approximate surface area is 161 Å². The molecule has 0 saturated heterocycles. The molecule has 28 heavy (non-hydrogen) atoms. The summed E-state index contributed by atoms with van der Waals surface area (Å²) in [4.78, 5) is 11.9. The van der Waals surface area contributed by atoms with Gasteiger partial charge in [0.2, 0.25) is 0 Å². The standard InChI is InChI=1S/C21H27F5O2/c1-19-7-6-15-14-3-2-13(27)9-11(14)8-12(10-20(22,23)21(24,25)26)18(15)16(19)4-5-17(19)28/h9,12,14-18,28H,2-8,10H2,1H3/t12-,14-,15+,16-,17-,18+,19-/m0/s1. The van der Waals surface area contributed by atoms with Crippen LogP contribution in [0.1, 0.15) is 58.3 Å². The maximum absolute atomic E-state index is 14.0. The lowest BCUT2D eigenvalue weighted by atomic mass is 9.49. The van der Waals surface area contributed by atoms with Gasteiger partial charge in [0.25, 0.3) is 0 Å². The van der Waals surface area contributed by atoms with Gasteiger partial charge in [0.05, 0.1) is 6.10 Å². The van der Waals surface area contributed by atoms with Crippen molar-refractivity contribution >= 4 is 5.78 Å². The van der Waals surface area contributed by atoms with E-state index in [1.54, 1.807) is 0 Å². The summed E-state index contributed by atoms with van der Waals surface area (Å²) in [5.41, 5.74) is 0.376. The van der Waals surface area contributed by atoms with Crippen molar-refractivity contribution in [1.82, 2.24) is 0 Å². The summed E-state index contributed by atoms with van der Waals surface area (Å²) in [6, 6.07) is 0. The van der Waals surface area contributed by atoms with Crippen LogP contribution in [0.4, 0.5) is 22.0 Å². The predicted octanol–water partition coefficient (Wildman–Crippen LogP) is 5.30. The number of halogens is 5. The molecule has 0 radical (unpaired) electrons. The number of hydrogen-bond donors (Lipinski definition) is 1. The average molecular weight is 406 g/mol. The Morgan fingerprint density at radius 1 is 1.14 bits per heavy atom. The molecule has 0 aromatic carbocycles. The predicted molar refractivity (Wildman–Crippen MR) is 92.6 cm³/mol. The molecular formula is C21H27F5O2. The summed E-state index contributed by atoms with van der Waals surface area (Å²) in [5.74, 6) is -5.74. The van der Waals surface area contributed by atoms with Crippen LogP contribution in [0.2, 0.25) is 0 Å². The number of alkyl halides is 5. The van der Waals surface area contributed by atoms with Crippen molar-refractivity contribution in [3.63, 3.8) is 0 Å². The molecule has 0 heterocycles. The van der Waals surface area contributed by atoms with E-state index >= 15 is 0 Å². The normalized spacial score (nSPS) is 43.8. The molecule has 4 aliphatic rings. The zero-order chi connectivity index (χ0) is 20.5. The Hall–Kier alpha value is -0.980. The number of rotatable bonds is 2. The SMILES string of the molecule is C[C@]12CC[C@H]3[C@@H]([C@H](CC(F)(F)C(F)(F)F)CC4=CC(=O)CC[C@@H]43)[C@@H]1CC[C@@H]2O. The Bertz CT molecular complexity index is 685. The van der Waals surface area contributed by atoms with Gasteiger partial charge < -0.3 is 5.11 Å². The summed E-state index contributed by atoms with van der Waals surface area (Å²) in [6.07, 6.45) is -1.82. The second-order valence-electron chi connectivity index (χ2n) is 9.69. The molecular weight excluding hydrogens is 379 g/mol. The number of carbonyl (C=O) groups is 1. The molecule has 4 rings (SSSR count). The van der Waals surface area contributed by atoms with Crippen molar-refractivity contribution in [3.05, 3.63) is 11.6 Å². The Morgan fingerprint density at radius 2 is 1.86 bits per heavy atom. The molecule has 1 N–H and O–H groups in total. The number of hydrogen-bond acceptors (Lipinski definition) is 2. The molecule has 0 unspecified atom stereocenters. The van der Waals surface area contributed by atoms with Crippen LogP contribution in [0.5, 0.6) is 0 Å². The van der Waals surface area contributed by atoms with Crippen LogP contribution in [0.15, 0.2) is 11.6 Å². The van der Waals surface area contributed by atoms with E-state index in [-0.39, 0.29) is 35.9 Å². The van der Waals surface area contributed by atoms with E-state index in [0.29, 0.717) is 25.7 Å². The van der Waals surface area contributed by atoms with E-state index in [2.05, 4.69) is 0 Å². The number of ketones is 1. The summed E-state index contributed by atoms with van der Waals surface area (Å²) in [7, 11) is 0. The smallest absolute Gasteiger partial charge is 0.393 e. The van der Waals surface area contributed by atoms with E-state index in [9.17, 15) is 31.9 Å². The third-order valence-electron chi connectivity index (χ3n) is 8.35. The lowest BCUT2D eigenvalue weighted by Crippen LogP contribution is -2.52. The van der Waals surface area contributed by atoms with Gasteiger partial charge in [0.1, 0.15) is 0 Å². The van der Waals surface area contributed by atoms with Crippen LogP contribution in [-0.4, -0.2) is 29.1 Å². The summed E-state index contributed by atoms with van der Waals surface area (Å²) < 4.78 is 66.9. The molecule has 0 aromatic heterocycles. The van der Waals surface area contributed by atoms with Gasteiger partial charge in [-0.1, -0.05) is 12.5 Å². The topological polar surface area (TPSA) is 37.3 Å². The van der Waals surface area contributed by atoms with Crippen LogP contribution in [-0.2, 0) is 4.79 Å². The fourth-order valence-corrected chi connectivity index (χ4v) is 7.00. The highest BCUT2D eigenvalue weighted by Crippen LogP contribution is 2.64. The van der Waals surface area contributed by atoms with E-state index in [1.807, 2.05) is 6.92 Å². The Morgan fingerprint density at radius 3 is 2.54 bits per heavy atom. The molecule has 4 aliphatic carbocycles. The molecule has 3 fully saturated rings. The summed E-state index contributed by atoms with van der Waals surface area (Å²) >= 11 is 0. The highest BCUT2D eigenvalue weighted by molar-refractivity contribution is 5.91. The van der Waals surface area contributed by atoms with Crippen molar-refractivity contribution in [2.45, 2.75) is 76.5 Å². The maximum Gasteiger partial charge on any atom is 0.453 e. The fourth-order valence-electron chi connectivity index (χ4n) is 7.00. The first kappa shape index (κ1) is 20.3. The third kappa shape index (κ3) is 3.03. The van der Waals surface area contributed by atoms with Crippen LogP contribution < -0.4 is 0 Å². The fraction of sp³-hybridized carbons (Fsp3) is 0.857. The van der Waals surface area contributed by atoms with Gasteiger partial charge in [-0.3, -0.25) is 4.79 Å². The molecule has 158 valence electrons. The second-order valence-corrected chi connectivity index (χ2v) is 9.69. The first-order chi connectivity index (χ1) is 12.9. The monoisotopic (exact) mass is 406 g/mol. The number of carbonyl (C=O) groups excluding carboxylic acids is 1. The van der Waals surface area contributed by atoms with Gasteiger partial charge in [0, 0.05) is 12.8 Å². The molecule has 0 amide bonds. The molecule has 0 aliphatic heterocycles. The molecule has 3 saturated carbocycles. The van der Waals surface area contributed by atoms with Gasteiger partial charge in [-0.2, -0.15) is 22.0 Å². The maximum atomic E-state index is 14.0. The van der Waals surface area contributed by atoms with Crippen LogP contribution in [0.25, 0.3) is 0 Å². The van der Waals surface area contributed by atoms with E-state index in [4.69, 9.17) is 0 Å². The molecule has 7 heteroatoms. The molecule has 0 aromatic rings. The summed E-state index contributed by atoms with van der Waals surface area (Å²) in [5, 5.41) is 10.5. The molecule has 2 nitrogen and oxygen atoms in total. The highest BCUT2D eigenvalue weighted by Gasteiger charge is 2.63. The van der Waals surface area contributed by atoms with E-state index < -0.39 is 36.0 Å². The zero-order valence-corrected chi connectivity index (χ0v) is 15.9. The molecule has 0 spiro atoms. The number of aliphatic hydroxyl groups excluding tert-OH is 1. The first-order valence-electron chi connectivity index (χ1n) is 10.3. The first-order valence-corrected chi connectivity index (χ1v) is 10.3. The minimum Gasteiger partial charge on any atom is -0.393 e. The zero-order valence-electron chi connectivity index (χ0n) is 15.9. The second kappa shape index (κ2) is 6.51. The minimum atomic E-state index is -5.57. The molecule has 0 bridgehead atoms. The highest BCUT2D eigenvalue weighted by atomic mass is 19.4. The average Bonchev–Trinajstić information content (AvgIpc) is 2.88. The summed E-state index contributed by atoms with van der Waals surface area (Å²) in [6.45, 7) is 1.97. The third-order valence-corrected chi connectivity index (χ3v) is 8.35. The largest absolute Gasteiger partial charge is 0.453 e. The van der Waals surface area contributed by atoms with E-state index in [0.717, 1.165) is 18.4 Å². The Balaban J connectivity index is 1.71. The van der Waals surface area contributed by atoms with Crippen molar-refractivity contribution in [1.29, 1.82) is 0 Å². The van der Waals surface area contributed by atoms with Crippen LogP contribution in [0.3, 0.4) is 0 Å². The van der Waals surface area contributed by atoms with Gasteiger partial charge >= 0.3 is 12.1 Å². The number of allylic oxidation sites excluding steroid dienone is 1. The number of aliphatic hydroxyl groups is 1. The van der Waals surface area contributed by atoms with Crippen molar-refractivity contribution in [2.24, 2.45) is 35.0 Å². The van der Waals surface area contributed by atoms with Crippen molar-refractivity contribution in [3.8, 4) is 0 Å².